The van der Waals surface area contributed by atoms with Crippen LogP contribution in [-0.4, -0.2) is 32.9 Å². The largest absolute Gasteiger partial charge is 0.495 e. The number of methoxy groups -OCH3 is 1. The van der Waals surface area contributed by atoms with E-state index < -0.39 is 13.6 Å². The molecule has 0 aromatic carbocycles. The van der Waals surface area contributed by atoms with Crippen LogP contribution in [0.5, 0.6) is 0 Å². The fraction of sp³-hybridized carbons (Fsp3) is 0.562. The lowest BCUT2D eigenvalue weighted by atomic mass is 10.2. The first-order valence-corrected chi connectivity index (χ1v) is 10.8. The SMILES string of the molecule is CCOC(=O)C1=C(OC)c2cc(CP(=O)(OCC)OCC)oc2CS1. The summed E-state index contributed by atoms with van der Waals surface area (Å²) in [6.07, 6.45) is 0.0259. The zero-order valence-corrected chi connectivity index (χ0v) is 16.5. The Morgan fingerprint density at radius 2 is 1.92 bits per heavy atom. The topological polar surface area (TPSA) is 84.2 Å². The van der Waals surface area contributed by atoms with Crippen LogP contribution in [-0.2, 0) is 39.8 Å². The van der Waals surface area contributed by atoms with Gasteiger partial charge in [-0.25, -0.2) is 4.79 Å². The molecule has 25 heavy (non-hydrogen) atoms. The highest BCUT2D eigenvalue weighted by molar-refractivity contribution is 8.03. The van der Waals surface area contributed by atoms with Gasteiger partial charge in [0.2, 0.25) is 0 Å². The molecule has 0 atom stereocenters. The maximum atomic E-state index is 12.7. The molecule has 0 amide bonds. The summed E-state index contributed by atoms with van der Waals surface area (Å²) < 4.78 is 39.5. The Hall–Kier alpha value is -1.21. The molecule has 0 radical (unpaired) electrons. The van der Waals surface area contributed by atoms with Gasteiger partial charge in [-0.3, -0.25) is 4.57 Å². The Bertz CT molecular complexity index is 685. The van der Waals surface area contributed by atoms with Crippen LogP contribution in [0.2, 0.25) is 0 Å². The Labute approximate surface area is 151 Å². The van der Waals surface area contributed by atoms with Gasteiger partial charge in [0.25, 0.3) is 0 Å². The maximum Gasteiger partial charge on any atom is 0.348 e. The van der Waals surface area contributed by atoms with E-state index >= 15 is 0 Å². The molecule has 0 N–H and O–H groups in total. The highest BCUT2D eigenvalue weighted by Gasteiger charge is 2.32. The van der Waals surface area contributed by atoms with Crippen molar-refractivity contribution in [3.8, 4) is 0 Å². The van der Waals surface area contributed by atoms with Crippen LogP contribution in [0.3, 0.4) is 0 Å². The number of ether oxygens (including phenoxy) is 2. The molecular formula is C16H23O7PS. The molecule has 1 aromatic rings. The summed E-state index contributed by atoms with van der Waals surface area (Å²) in [5.41, 5.74) is 0.666. The smallest absolute Gasteiger partial charge is 0.348 e. The summed E-state index contributed by atoms with van der Waals surface area (Å²) in [6.45, 7) is 6.11. The highest BCUT2D eigenvalue weighted by atomic mass is 32.2. The van der Waals surface area contributed by atoms with Gasteiger partial charge >= 0.3 is 13.6 Å². The highest BCUT2D eigenvalue weighted by Crippen LogP contribution is 2.52. The standard InChI is InChI=1S/C16H23O7PS/c1-5-20-16(17)15-14(19-4)12-8-11(23-13(12)10-25-15)9-24(18,21-6-2)22-7-3/h8H,5-7,9-10H2,1-4H3. The van der Waals surface area contributed by atoms with Crippen molar-refractivity contribution < 1.29 is 32.3 Å². The molecule has 0 aliphatic carbocycles. The van der Waals surface area contributed by atoms with Crippen molar-refractivity contribution in [1.82, 2.24) is 0 Å². The second kappa shape index (κ2) is 8.94. The fourth-order valence-electron chi connectivity index (χ4n) is 2.45. The molecule has 0 saturated heterocycles. The number of carbonyl (C=O) groups is 1. The van der Waals surface area contributed by atoms with Crippen molar-refractivity contribution in [3.05, 3.63) is 28.1 Å². The van der Waals surface area contributed by atoms with Gasteiger partial charge in [-0.15, -0.1) is 11.8 Å². The van der Waals surface area contributed by atoms with Crippen molar-refractivity contribution in [3.63, 3.8) is 0 Å². The molecule has 140 valence electrons. The lowest BCUT2D eigenvalue weighted by Gasteiger charge is -2.16. The van der Waals surface area contributed by atoms with E-state index in [1.165, 1.54) is 18.9 Å². The number of hydrogen-bond donors (Lipinski definition) is 0. The molecule has 0 fully saturated rings. The van der Waals surface area contributed by atoms with Crippen molar-refractivity contribution in [1.29, 1.82) is 0 Å². The minimum atomic E-state index is -3.27. The summed E-state index contributed by atoms with van der Waals surface area (Å²) >= 11 is 1.29. The first kappa shape index (κ1) is 20.1. The van der Waals surface area contributed by atoms with Gasteiger partial charge in [-0.1, -0.05) is 0 Å². The third-order valence-corrected chi connectivity index (χ3v) is 6.37. The molecule has 2 heterocycles. The molecular weight excluding hydrogens is 367 g/mol. The summed E-state index contributed by atoms with van der Waals surface area (Å²) in [7, 11) is -1.78. The number of thioether (sulfide) groups is 1. The molecule has 9 heteroatoms. The van der Waals surface area contributed by atoms with Gasteiger partial charge in [-0.05, 0) is 26.8 Å². The number of carbonyl (C=O) groups excluding carboxylic acids is 1. The van der Waals surface area contributed by atoms with Crippen LogP contribution in [0.4, 0.5) is 0 Å². The van der Waals surface area contributed by atoms with Crippen molar-refractivity contribution in [2.45, 2.75) is 32.7 Å². The second-order valence-corrected chi connectivity index (χ2v) is 8.07. The van der Waals surface area contributed by atoms with E-state index in [0.717, 1.165) is 0 Å². The predicted octanol–water partition coefficient (Wildman–Crippen LogP) is 4.17. The third kappa shape index (κ3) is 4.70. The number of rotatable bonds is 9. The number of hydrogen-bond acceptors (Lipinski definition) is 8. The first-order chi connectivity index (χ1) is 12.0. The lowest BCUT2D eigenvalue weighted by Crippen LogP contribution is -2.11. The van der Waals surface area contributed by atoms with Gasteiger partial charge in [0.15, 0.2) is 5.76 Å². The van der Waals surface area contributed by atoms with Crippen LogP contribution in [0.15, 0.2) is 15.4 Å². The van der Waals surface area contributed by atoms with Gasteiger partial charge in [0.05, 0.1) is 38.2 Å². The van der Waals surface area contributed by atoms with Crippen LogP contribution >= 0.6 is 19.4 Å². The van der Waals surface area contributed by atoms with Gasteiger partial charge in [-0.2, -0.15) is 0 Å². The molecule has 7 nitrogen and oxygen atoms in total. The average molecular weight is 390 g/mol. The Morgan fingerprint density at radius 3 is 2.48 bits per heavy atom. The van der Waals surface area contributed by atoms with E-state index in [4.69, 9.17) is 22.9 Å². The van der Waals surface area contributed by atoms with Crippen molar-refractivity contribution in [2.24, 2.45) is 0 Å². The molecule has 1 aliphatic rings. The maximum absolute atomic E-state index is 12.7. The average Bonchev–Trinajstić information content (AvgIpc) is 2.96. The lowest BCUT2D eigenvalue weighted by molar-refractivity contribution is -0.137. The van der Waals surface area contributed by atoms with Crippen molar-refractivity contribution >= 4 is 31.1 Å². The van der Waals surface area contributed by atoms with Gasteiger partial charge in [0.1, 0.15) is 22.6 Å². The normalized spacial score (nSPS) is 14.4. The van der Waals surface area contributed by atoms with E-state index in [0.29, 0.717) is 33.5 Å². The molecule has 0 unspecified atom stereocenters. The van der Waals surface area contributed by atoms with Crippen LogP contribution < -0.4 is 0 Å². The monoisotopic (exact) mass is 390 g/mol. The van der Waals surface area contributed by atoms with E-state index in [1.54, 1.807) is 26.8 Å². The predicted molar refractivity (Wildman–Crippen MR) is 95.1 cm³/mol. The minimum Gasteiger partial charge on any atom is -0.495 e. The Kier molecular flexibility index (Phi) is 7.19. The molecule has 0 spiro atoms. The summed E-state index contributed by atoms with van der Waals surface area (Å²) in [6, 6.07) is 1.72. The van der Waals surface area contributed by atoms with Crippen LogP contribution in [0.25, 0.3) is 5.76 Å². The van der Waals surface area contributed by atoms with Crippen LogP contribution in [0.1, 0.15) is 37.9 Å². The first-order valence-electron chi connectivity index (χ1n) is 8.06. The number of fused-ring (bicyclic) bond motifs is 1. The van der Waals surface area contributed by atoms with E-state index in [9.17, 15) is 9.36 Å². The second-order valence-electron chi connectivity index (χ2n) is 5.03. The van der Waals surface area contributed by atoms with Gasteiger partial charge in [0, 0.05) is 0 Å². The third-order valence-electron chi connectivity index (χ3n) is 3.32. The Balaban J connectivity index is 2.32. The van der Waals surface area contributed by atoms with Gasteiger partial charge < -0.3 is 22.9 Å². The molecule has 1 aromatic heterocycles. The number of furan rings is 1. The quantitative estimate of drug-likeness (QED) is 0.459. The fourth-order valence-corrected chi connectivity index (χ4v) is 5.02. The zero-order valence-electron chi connectivity index (χ0n) is 14.8. The summed E-state index contributed by atoms with van der Waals surface area (Å²) in [5, 5.41) is 0. The van der Waals surface area contributed by atoms with Crippen LogP contribution in [0, 0.1) is 0 Å². The zero-order chi connectivity index (χ0) is 18.4. The molecule has 1 aliphatic heterocycles. The van der Waals surface area contributed by atoms with E-state index in [2.05, 4.69) is 0 Å². The minimum absolute atomic E-state index is 0.0259. The summed E-state index contributed by atoms with van der Waals surface area (Å²) in [5.74, 6) is 1.57. The Morgan fingerprint density at radius 1 is 1.24 bits per heavy atom. The summed E-state index contributed by atoms with van der Waals surface area (Å²) in [4.78, 5) is 12.5. The van der Waals surface area contributed by atoms with E-state index in [1.807, 2.05) is 0 Å². The molecule has 0 bridgehead atoms. The van der Waals surface area contributed by atoms with Crippen molar-refractivity contribution in [2.75, 3.05) is 26.9 Å². The van der Waals surface area contributed by atoms with E-state index in [-0.39, 0.29) is 26.0 Å². The molecule has 0 saturated carbocycles. The number of esters is 1. The molecule has 2 rings (SSSR count).